The normalized spacial score (nSPS) is 18.6. The number of nitrogens with one attached hydrogen (secondary N) is 1. The molecule has 5 rings (SSSR count). The number of rotatable bonds is 11. The number of thiazole rings is 1. The molecule has 2 aliphatic rings. The van der Waals surface area contributed by atoms with E-state index < -0.39 is 58.5 Å². The number of nitrogens with two attached hydrogens (primary N) is 2. The number of hydrogen-bond acceptors (Lipinski definition) is 14. The Morgan fingerprint density at radius 2 is 2.00 bits per heavy atom. The molecule has 2 amide bonds. The molecule has 238 valence electrons. The van der Waals surface area contributed by atoms with Gasteiger partial charge in [-0.1, -0.05) is 17.3 Å². The lowest BCUT2D eigenvalue weighted by Crippen LogP contribution is -2.71. The molecule has 2 aromatic heterocycles. The third kappa shape index (κ3) is 6.54. The summed E-state index contributed by atoms with van der Waals surface area (Å²) >= 11 is 2.20. The first-order chi connectivity index (χ1) is 21.9. The predicted molar refractivity (Wildman–Crippen MR) is 162 cm³/mol. The maximum Gasteiger partial charge on any atom is 0.352 e. The maximum absolute atomic E-state index is 13.4. The Morgan fingerprint density at radius 1 is 1.22 bits per heavy atom. The predicted octanol–water partition coefficient (Wildman–Crippen LogP) is -0.0572. The van der Waals surface area contributed by atoms with Crippen LogP contribution in [0.2, 0.25) is 0 Å². The van der Waals surface area contributed by atoms with Gasteiger partial charge in [0.15, 0.2) is 22.3 Å². The van der Waals surface area contributed by atoms with E-state index in [1.807, 2.05) is 0 Å². The Kier molecular flexibility index (Phi) is 9.05. The van der Waals surface area contributed by atoms with Crippen molar-refractivity contribution in [3.05, 3.63) is 76.8 Å². The Morgan fingerprint density at radius 3 is 2.63 bits per heavy atom. The van der Waals surface area contributed by atoms with Crippen LogP contribution >= 0.6 is 23.1 Å². The molecule has 46 heavy (non-hydrogen) atoms. The van der Waals surface area contributed by atoms with Gasteiger partial charge in [0, 0.05) is 22.8 Å². The minimum absolute atomic E-state index is 0.0605. The lowest BCUT2D eigenvalue weighted by Gasteiger charge is -2.49. The number of carboxylic acids is 2. The van der Waals surface area contributed by atoms with Crippen LogP contribution in [0, 0.1) is 0 Å². The van der Waals surface area contributed by atoms with E-state index in [9.17, 15) is 39.6 Å². The van der Waals surface area contributed by atoms with Gasteiger partial charge in [-0.3, -0.25) is 14.5 Å². The molecule has 0 bridgehead atoms. The number of amides is 2. The van der Waals surface area contributed by atoms with Crippen molar-refractivity contribution in [3.8, 4) is 11.5 Å². The standard InChI is InChI=1S/C27H24N8O9S2/c28-17-5-7-34(11-30-17)6-1-2-13-9-45-24-19(23(39)35(24)20(13)25(40)41)32-22(38)18(14-10-46-27(29)31-14)33-44-21(26(42)43)12-3-4-15(36)16(37)8-12/h1-5,7-8,10-11,19,21,24,28H,6,9H2,(H7,29,31,32,33,36,37,38,40,41,42,43)/p+1/b2-1+/t19-,21+,24-/m1/s1. The zero-order valence-electron chi connectivity index (χ0n) is 23.4. The molecule has 0 radical (unpaired) electrons. The van der Waals surface area contributed by atoms with Crippen molar-refractivity contribution in [2.45, 2.75) is 24.1 Å². The lowest BCUT2D eigenvalue weighted by molar-refractivity contribution is -0.689. The van der Waals surface area contributed by atoms with Crippen molar-refractivity contribution in [2.75, 3.05) is 17.2 Å². The molecular formula is C27H25N8O9S2+. The quantitative estimate of drug-likeness (QED) is 0.0464. The van der Waals surface area contributed by atoms with Crippen LogP contribution in [-0.2, 0) is 30.6 Å². The molecule has 2 aliphatic heterocycles. The summed E-state index contributed by atoms with van der Waals surface area (Å²) in [6.07, 6.45) is 4.74. The number of aromatic hydroxyl groups is 2. The van der Waals surface area contributed by atoms with Crippen LogP contribution in [0.3, 0.4) is 0 Å². The number of thioether (sulfide) groups is 1. The third-order valence-corrected chi connectivity index (χ3v) is 8.65. The van der Waals surface area contributed by atoms with E-state index in [1.54, 1.807) is 29.0 Å². The number of carbonyl (C=O) groups excluding carboxylic acids is 2. The number of nitrogen functional groups attached to an aromatic ring is 2. The maximum atomic E-state index is 13.4. The van der Waals surface area contributed by atoms with Crippen LogP contribution in [0.4, 0.5) is 10.9 Å². The van der Waals surface area contributed by atoms with E-state index in [0.29, 0.717) is 17.9 Å². The van der Waals surface area contributed by atoms with E-state index in [1.165, 1.54) is 29.5 Å². The van der Waals surface area contributed by atoms with Gasteiger partial charge in [0.05, 0.1) is 6.20 Å². The number of aliphatic carboxylic acids is 2. The second-order valence-electron chi connectivity index (χ2n) is 9.71. The van der Waals surface area contributed by atoms with Crippen LogP contribution in [0.25, 0.3) is 0 Å². The van der Waals surface area contributed by atoms with Gasteiger partial charge < -0.3 is 42.0 Å². The van der Waals surface area contributed by atoms with Crippen molar-refractivity contribution in [1.29, 1.82) is 0 Å². The SMILES string of the molecule is Nc1cc[n+](C/C=C/C2=C(C(=O)O)N3C(=O)[C@@H](NC(=O)/C(=N\O[C@H](C(=O)O)c4ccc(O)c(O)c4)c4csc(N)n4)[C@H]3SC2)cn1. The Hall–Kier alpha value is -5.69. The number of β-lactam (4-membered cyclic amide) rings is 1. The molecule has 1 fully saturated rings. The Labute approximate surface area is 267 Å². The number of allylic oxidation sites excluding steroid dienone is 2. The summed E-state index contributed by atoms with van der Waals surface area (Å²) in [6, 6.07) is 3.64. The fraction of sp³-hybridized carbons (Fsp3) is 0.185. The number of benzene rings is 1. The number of hydrogen-bond donors (Lipinski definition) is 7. The summed E-state index contributed by atoms with van der Waals surface area (Å²) in [6.45, 7) is 0.367. The summed E-state index contributed by atoms with van der Waals surface area (Å²) in [5, 5.41) is 45.9. The largest absolute Gasteiger partial charge is 0.504 e. The number of fused-ring (bicyclic) bond motifs is 1. The average molecular weight is 670 g/mol. The molecule has 1 aromatic carbocycles. The first kappa shape index (κ1) is 31.7. The van der Waals surface area contributed by atoms with E-state index in [2.05, 4.69) is 20.4 Å². The van der Waals surface area contributed by atoms with Gasteiger partial charge in [-0.15, -0.1) is 23.1 Å². The van der Waals surface area contributed by atoms with Crippen LogP contribution in [0.5, 0.6) is 11.5 Å². The Balaban J connectivity index is 1.34. The van der Waals surface area contributed by atoms with Crippen molar-refractivity contribution < 1.29 is 49.0 Å². The molecule has 0 unspecified atom stereocenters. The third-order valence-electron chi connectivity index (χ3n) is 6.67. The monoisotopic (exact) mass is 669 g/mol. The molecule has 1 saturated heterocycles. The smallest absolute Gasteiger partial charge is 0.352 e. The molecule has 0 saturated carbocycles. The fourth-order valence-electron chi connectivity index (χ4n) is 4.46. The number of carboxylic acid groups (broad SMARTS) is 2. The Bertz CT molecular complexity index is 1810. The molecule has 3 atom stereocenters. The van der Waals surface area contributed by atoms with Crippen LogP contribution in [-0.4, -0.2) is 81.9 Å². The van der Waals surface area contributed by atoms with Gasteiger partial charge >= 0.3 is 11.9 Å². The summed E-state index contributed by atoms with van der Waals surface area (Å²) < 4.78 is 1.72. The second kappa shape index (κ2) is 13.1. The van der Waals surface area contributed by atoms with E-state index in [4.69, 9.17) is 16.3 Å². The zero-order valence-corrected chi connectivity index (χ0v) is 25.0. The van der Waals surface area contributed by atoms with Gasteiger partial charge in [0.2, 0.25) is 11.9 Å². The highest BCUT2D eigenvalue weighted by atomic mass is 32.2. The van der Waals surface area contributed by atoms with Gasteiger partial charge in [-0.2, -0.15) is 0 Å². The van der Waals surface area contributed by atoms with Gasteiger partial charge in [0.1, 0.15) is 29.4 Å². The van der Waals surface area contributed by atoms with Gasteiger partial charge in [-0.25, -0.2) is 19.1 Å². The number of nitrogens with zero attached hydrogens (tertiary/aromatic N) is 5. The molecule has 17 nitrogen and oxygen atoms in total. The molecule has 9 N–H and O–H groups in total. The summed E-state index contributed by atoms with van der Waals surface area (Å²) in [5.41, 5.74) is 10.8. The summed E-state index contributed by atoms with van der Waals surface area (Å²) in [7, 11) is 0. The fourth-order valence-corrected chi connectivity index (χ4v) is 6.32. The molecule has 0 aliphatic carbocycles. The van der Waals surface area contributed by atoms with Gasteiger partial charge in [-0.05, 0) is 28.8 Å². The zero-order chi connectivity index (χ0) is 33.1. The summed E-state index contributed by atoms with van der Waals surface area (Å²) in [5.74, 6) is -5.04. The second-order valence-corrected chi connectivity index (χ2v) is 11.7. The van der Waals surface area contributed by atoms with Crippen LogP contribution < -0.4 is 21.4 Å². The van der Waals surface area contributed by atoms with Crippen LogP contribution in [0.1, 0.15) is 17.4 Å². The van der Waals surface area contributed by atoms with Crippen molar-refractivity contribution in [2.24, 2.45) is 5.16 Å². The van der Waals surface area contributed by atoms with E-state index >= 15 is 0 Å². The minimum atomic E-state index is -1.82. The molecular weight excluding hydrogens is 644 g/mol. The number of phenols is 2. The van der Waals surface area contributed by atoms with Gasteiger partial charge in [0.25, 0.3) is 18.1 Å². The van der Waals surface area contributed by atoms with Crippen molar-refractivity contribution >= 4 is 63.5 Å². The highest BCUT2D eigenvalue weighted by Crippen LogP contribution is 2.40. The first-order valence-electron chi connectivity index (χ1n) is 13.1. The molecule has 3 aromatic rings. The first-order valence-corrected chi connectivity index (χ1v) is 15.1. The number of phenolic OH excluding ortho intramolecular Hbond substituents is 2. The molecule has 4 heterocycles. The number of carbonyl (C=O) groups is 4. The van der Waals surface area contributed by atoms with Crippen molar-refractivity contribution in [1.82, 2.24) is 20.2 Å². The van der Waals surface area contributed by atoms with Crippen LogP contribution in [0.15, 0.2) is 70.7 Å². The number of aromatic nitrogens is 3. The number of anilines is 2. The highest BCUT2D eigenvalue weighted by molar-refractivity contribution is 8.00. The molecule has 19 heteroatoms. The van der Waals surface area contributed by atoms with E-state index in [-0.39, 0.29) is 27.8 Å². The molecule has 0 spiro atoms. The topological polar surface area (TPSA) is 268 Å². The van der Waals surface area contributed by atoms with Crippen molar-refractivity contribution in [3.63, 3.8) is 0 Å². The summed E-state index contributed by atoms with van der Waals surface area (Å²) in [4.78, 5) is 65.0. The minimum Gasteiger partial charge on any atom is -0.504 e. The highest BCUT2D eigenvalue weighted by Gasteiger charge is 2.54. The number of oxime groups is 1. The lowest BCUT2D eigenvalue weighted by atomic mass is 10.0. The average Bonchev–Trinajstić information content (AvgIpc) is 3.45. The van der Waals surface area contributed by atoms with E-state index in [0.717, 1.165) is 28.4 Å².